The smallest absolute Gasteiger partial charge is 0.258 e. The van der Waals surface area contributed by atoms with Gasteiger partial charge in [-0.1, -0.05) is 0 Å². The number of phenols is 4. The Labute approximate surface area is 134 Å². The zero-order valence-corrected chi connectivity index (χ0v) is 12.2. The standard InChI is InChI=1S/C14H11FN2O5S/c15-5-1-2-8(18)6(3-5)10-7(13(22)17-14(16)23)4-9(19)11(20)12(10)21/h1-4,18-21H,(H3,16,17,22,23). The minimum absolute atomic E-state index is 0.272. The van der Waals surface area contributed by atoms with E-state index >= 15 is 0 Å². The van der Waals surface area contributed by atoms with Gasteiger partial charge in [0.1, 0.15) is 11.6 Å². The Bertz CT molecular complexity index is 825. The Hall–Kier alpha value is -3.07. The Kier molecular flexibility index (Phi) is 4.23. The highest BCUT2D eigenvalue weighted by Crippen LogP contribution is 2.47. The number of hydrogen-bond acceptors (Lipinski definition) is 6. The van der Waals surface area contributed by atoms with Crippen molar-refractivity contribution in [2.75, 3.05) is 0 Å². The van der Waals surface area contributed by atoms with Gasteiger partial charge in [-0.2, -0.15) is 0 Å². The number of halogens is 1. The van der Waals surface area contributed by atoms with Crippen LogP contribution in [0.2, 0.25) is 0 Å². The zero-order valence-electron chi connectivity index (χ0n) is 11.4. The molecule has 0 spiro atoms. The van der Waals surface area contributed by atoms with Crippen molar-refractivity contribution in [3.8, 4) is 34.1 Å². The van der Waals surface area contributed by atoms with Crippen LogP contribution in [0.3, 0.4) is 0 Å². The first-order chi connectivity index (χ1) is 10.7. The fraction of sp³-hybridized carbons (Fsp3) is 0. The maximum absolute atomic E-state index is 13.4. The van der Waals surface area contributed by atoms with Gasteiger partial charge in [-0.05, 0) is 36.5 Å². The fourth-order valence-electron chi connectivity index (χ4n) is 1.98. The molecule has 0 unspecified atom stereocenters. The summed E-state index contributed by atoms with van der Waals surface area (Å²) in [7, 11) is 0. The number of amides is 1. The highest BCUT2D eigenvalue weighted by Gasteiger charge is 2.25. The Morgan fingerprint density at radius 2 is 1.74 bits per heavy atom. The SMILES string of the molecule is NC(=S)NC(=O)c1cc(O)c(O)c(O)c1-c1cc(F)ccc1O. The average molecular weight is 338 g/mol. The zero-order chi connectivity index (χ0) is 17.3. The first-order valence-electron chi connectivity index (χ1n) is 6.10. The van der Waals surface area contributed by atoms with Crippen LogP contribution in [0, 0.1) is 5.82 Å². The van der Waals surface area contributed by atoms with Crippen LogP contribution >= 0.6 is 12.2 Å². The van der Waals surface area contributed by atoms with Crippen molar-refractivity contribution < 1.29 is 29.6 Å². The Balaban J connectivity index is 2.79. The second-order valence-corrected chi connectivity index (χ2v) is 4.94. The molecule has 23 heavy (non-hydrogen) atoms. The van der Waals surface area contributed by atoms with E-state index in [9.17, 15) is 29.6 Å². The summed E-state index contributed by atoms with van der Waals surface area (Å²) in [6.45, 7) is 0. The Morgan fingerprint density at radius 1 is 1.09 bits per heavy atom. The summed E-state index contributed by atoms with van der Waals surface area (Å²) in [6.07, 6.45) is 0. The molecule has 2 aromatic carbocycles. The number of rotatable bonds is 2. The summed E-state index contributed by atoms with van der Waals surface area (Å²) in [5.74, 6) is -4.80. The van der Waals surface area contributed by atoms with E-state index in [4.69, 9.17) is 5.73 Å². The summed E-state index contributed by atoms with van der Waals surface area (Å²) in [5.41, 5.74) is 4.14. The van der Waals surface area contributed by atoms with Gasteiger partial charge >= 0.3 is 0 Å². The third-order valence-corrected chi connectivity index (χ3v) is 3.07. The summed E-state index contributed by atoms with van der Waals surface area (Å²) in [4.78, 5) is 12.1. The van der Waals surface area contributed by atoms with Crippen LogP contribution in [0.4, 0.5) is 4.39 Å². The van der Waals surface area contributed by atoms with Crippen LogP contribution in [0.5, 0.6) is 23.0 Å². The van der Waals surface area contributed by atoms with Crippen LogP contribution in [0.25, 0.3) is 11.1 Å². The van der Waals surface area contributed by atoms with E-state index in [2.05, 4.69) is 17.5 Å². The largest absolute Gasteiger partial charge is 0.507 e. The third kappa shape index (κ3) is 3.09. The number of carbonyl (C=O) groups excluding carboxylic acids is 1. The topological polar surface area (TPSA) is 136 Å². The van der Waals surface area contributed by atoms with E-state index in [1.165, 1.54) is 0 Å². The molecule has 0 aromatic heterocycles. The van der Waals surface area contributed by atoms with Gasteiger partial charge in [-0.3, -0.25) is 10.1 Å². The molecule has 0 aliphatic rings. The predicted molar refractivity (Wildman–Crippen MR) is 82.7 cm³/mol. The van der Waals surface area contributed by atoms with E-state index < -0.39 is 40.3 Å². The van der Waals surface area contributed by atoms with Crippen molar-refractivity contribution in [2.24, 2.45) is 5.73 Å². The van der Waals surface area contributed by atoms with Gasteiger partial charge < -0.3 is 26.2 Å². The summed E-state index contributed by atoms with van der Waals surface area (Å²) < 4.78 is 13.4. The van der Waals surface area contributed by atoms with Crippen molar-refractivity contribution >= 4 is 23.2 Å². The molecule has 120 valence electrons. The molecule has 2 aromatic rings. The maximum Gasteiger partial charge on any atom is 0.258 e. The van der Waals surface area contributed by atoms with Crippen molar-refractivity contribution in [1.82, 2.24) is 5.32 Å². The van der Waals surface area contributed by atoms with Crippen molar-refractivity contribution in [1.29, 1.82) is 0 Å². The van der Waals surface area contributed by atoms with Crippen LogP contribution in [0.15, 0.2) is 24.3 Å². The molecule has 0 atom stereocenters. The van der Waals surface area contributed by atoms with Gasteiger partial charge in [0.05, 0.1) is 5.56 Å². The number of benzene rings is 2. The monoisotopic (exact) mass is 338 g/mol. The molecule has 7 N–H and O–H groups in total. The van der Waals surface area contributed by atoms with E-state index in [0.29, 0.717) is 0 Å². The van der Waals surface area contributed by atoms with E-state index in [1.807, 2.05) is 0 Å². The first-order valence-corrected chi connectivity index (χ1v) is 6.50. The molecule has 0 radical (unpaired) electrons. The van der Waals surface area contributed by atoms with Gasteiger partial charge in [-0.25, -0.2) is 4.39 Å². The van der Waals surface area contributed by atoms with Crippen molar-refractivity contribution in [3.63, 3.8) is 0 Å². The lowest BCUT2D eigenvalue weighted by Gasteiger charge is -2.15. The molecule has 0 bridgehead atoms. The van der Waals surface area contributed by atoms with Crippen LogP contribution in [-0.2, 0) is 0 Å². The molecule has 2 rings (SSSR count). The molecule has 9 heteroatoms. The number of hydrogen-bond donors (Lipinski definition) is 6. The van der Waals surface area contributed by atoms with Gasteiger partial charge in [0.25, 0.3) is 5.91 Å². The molecule has 0 saturated heterocycles. The highest BCUT2D eigenvalue weighted by molar-refractivity contribution is 7.80. The lowest BCUT2D eigenvalue weighted by molar-refractivity contribution is 0.0977. The molecular formula is C14H11FN2O5S. The lowest BCUT2D eigenvalue weighted by atomic mass is 9.96. The van der Waals surface area contributed by atoms with Crippen molar-refractivity contribution in [3.05, 3.63) is 35.6 Å². The van der Waals surface area contributed by atoms with Gasteiger partial charge in [-0.15, -0.1) is 0 Å². The van der Waals surface area contributed by atoms with E-state index in [0.717, 1.165) is 24.3 Å². The number of aromatic hydroxyl groups is 4. The second kappa shape index (κ2) is 5.97. The molecule has 7 nitrogen and oxygen atoms in total. The summed E-state index contributed by atoms with van der Waals surface area (Å²) in [5, 5.41) is 40.8. The van der Waals surface area contributed by atoms with Crippen molar-refractivity contribution in [2.45, 2.75) is 0 Å². The minimum atomic E-state index is -0.935. The molecule has 0 aliphatic carbocycles. The van der Waals surface area contributed by atoms with Gasteiger partial charge in [0.2, 0.25) is 5.75 Å². The third-order valence-electron chi connectivity index (χ3n) is 2.96. The van der Waals surface area contributed by atoms with E-state index in [1.54, 1.807) is 0 Å². The number of phenolic OH excluding ortho intramolecular Hbond substituents is 4. The van der Waals surface area contributed by atoms with Crippen LogP contribution in [0.1, 0.15) is 10.4 Å². The number of thiocarbonyl (C=S) groups is 1. The predicted octanol–water partition coefficient (Wildman–Crippen LogP) is 1.29. The van der Waals surface area contributed by atoms with Crippen LogP contribution in [-0.4, -0.2) is 31.4 Å². The molecular weight excluding hydrogens is 327 g/mol. The molecule has 0 saturated carbocycles. The fourth-order valence-corrected chi connectivity index (χ4v) is 2.08. The van der Waals surface area contributed by atoms with Crippen LogP contribution < -0.4 is 11.1 Å². The summed E-state index contributed by atoms with van der Waals surface area (Å²) in [6, 6.07) is 3.63. The average Bonchev–Trinajstić information content (AvgIpc) is 2.46. The lowest BCUT2D eigenvalue weighted by Crippen LogP contribution is -2.35. The quantitative estimate of drug-likeness (QED) is 0.358. The highest BCUT2D eigenvalue weighted by atomic mass is 32.1. The normalized spacial score (nSPS) is 10.3. The second-order valence-electron chi connectivity index (χ2n) is 4.50. The molecule has 0 fully saturated rings. The maximum atomic E-state index is 13.4. The van der Waals surface area contributed by atoms with Gasteiger partial charge in [0.15, 0.2) is 16.6 Å². The minimum Gasteiger partial charge on any atom is -0.507 e. The number of carbonyl (C=O) groups is 1. The molecule has 0 aliphatic heterocycles. The number of nitrogens with one attached hydrogen (secondary N) is 1. The van der Waals surface area contributed by atoms with E-state index in [-0.39, 0.29) is 16.2 Å². The Morgan fingerprint density at radius 3 is 2.35 bits per heavy atom. The molecule has 1 amide bonds. The van der Waals surface area contributed by atoms with Gasteiger partial charge in [0, 0.05) is 11.1 Å². The summed E-state index contributed by atoms with van der Waals surface area (Å²) >= 11 is 4.53. The number of nitrogens with two attached hydrogens (primary N) is 1. The molecule has 0 heterocycles. The first kappa shape index (κ1) is 16.3.